The number of allylic oxidation sites excluding steroid dienone is 2. The van der Waals surface area contributed by atoms with E-state index in [1.807, 2.05) is 49.4 Å². The van der Waals surface area contributed by atoms with Gasteiger partial charge in [-0.2, -0.15) is 5.26 Å². The molecule has 0 atom stereocenters. The fourth-order valence-electron chi connectivity index (χ4n) is 1.98. The Hall–Kier alpha value is -1.85. The third kappa shape index (κ3) is 2.69. The van der Waals surface area contributed by atoms with Crippen LogP contribution in [0.25, 0.3) is 0 Å². The van der Waals surface area contributed by atoms with Crippen LogP contribution in [0.3, 0.4) is 0 Å². The smallest absolute Gasteiger partial charge is 0.191 e. The second-order valence-electron chi connectivity index (χ2n) is 4.41. The van der Waals surface area contributed by atoms with E-state index in [9.17, 15) is 5.26 Å². The molecule has 2 heteroatoms. The Bertz CT molecular complexity index is 468. The molecule has 0 spiro atoms. The number of nitriles is 1. The summed E-state index contributed by atoms with van der Waals surface area (Å²) in [5.74, 6) is 0.234. The molecule has 0 saturated carbocycles. The average molecular weight is 239 g/mol. The van der Waals surface area contributed by atoms with Crippen molar-refractivity contribution in [3.63, 3.8) is 0 Å². The summed E-state index contributed by atoms with van der Waals surface area (Å²) >= 11 is 0. The standard InChI is InChI=1S/C16H17NO/c1-2-12-18-16(13-17)10-8-15(9-11-16)14-6-4-3-5-7-14/h3-11,15H,2,12H2,1H3. The lowest BCUT2D eigenvalue weighted by molar-refractivity contribution is 0.0664. The highest BCUT2D eigenvalue weighted by atomic mass is 16.5. The van der Waals surface area contributed by atoms with Gasteiger partial charge in [0.2, 0.25) is 0 Å². The quantitative estimate of drug-likeness (QED) is 0.752. The van der Waals surface area contributed by atoms with Gasteiger partial charge in [-0.1, -0.05) is 49.4 Å². The van der Waals surface area contributed by atoms with Crippen molar-refractivity contribution in [2.75, 3.05) is 6.61 Å². The number of benzene rings is 1. The van der Waals surface area contributed by atoms with Crippen molar-refractivity contribution in [1.82, 2.24) is 0 Å². The van der Waals surface area contributed by atoms with Crippen LogP contribution in [0, 0.1) is 11.3 Å². The highest BCUT2D eigenvalue weighted by Crippen LogP contribution is 2.28. The van der Waals surface area contributed by atoms with E-state index >= 15 is 0 Å². The largest absolute Gasteiger partial charge is 0.353 e. The van der Waals surface area contributed by atoms with Crippen molar-refractivity contribution in [3.8, 4) is 6.07 Å². The zero-order chi connectivity index (χ0) is 12.8. The van der Waals surface area contributed by atoms with Gasteiger partial charge in [-0.05, 0) is 24.1 Å². The normalized spacial score (nSPS) is 25.9. The van der Waals surface area contributed by atoms with E-state index in [-0.39, 0.29) is 5.92 Å². The fourth-order valence-corrected chi connectivity index (χ4v) is 1.98. The summed E-state index contributed by atoms with van der Waals surface area (Å²) in [5.41, 5.74) is 0.355. The van der Waals surface area contributed by atoms with Gasteiger partial charge in [0.25, 0.3) is 0 Å². The maximum atomic E-state index is 9.25. The molecule has 92 valence electrons. The molecule has 0 heterocycles. The number of hydrogen-bond acceptors (Lipinski definition) is 2. The zero-order valence-corrected chi connectivity index (χ0v) is 10.5. The molecule has 0 fully saturated rings. The molecule has 1 aromatic rings. The summed E-state index contributed by atoms with van der Waals surface area (Å²) in [4.78, 5) is 0. The summed E-state index contributed by atoms with van der Waals surface area (Å²) in [5, 5.41) is 9.25. The summed E-state index contributed by atoms with van der Waals surface area (Å²) in [6, 6.07) is 12.5. The van der Waals surface area contributed by atoms with Gasteiger partial charge in [-0.3, -0.25) is 0 Å². The molecule has 0 N–H and O–H groups in total. The van der Waals surface area contributed by atoms with Crippen LogP contribution >= 0.6 is 0 Å². The first-order chi connectivity index (χ1) is 8.79. The monoisotopic (exact) mass is 239 g/mol. The molecule has 1 aromatic carbocycles. The van der Waals surface area contributed by atoms with Crippen molar-refractivity contribution >= 4 is 0 Å². The SMILES string of the molecule is CCCOC1(C#N)C=CC(c2ccccc2)C=C1. The van der Waals surface area contributed by atoms with E-state index in [0.717, 1.165) is 6.42 Å². The molecule has 0 radical (unpaired) electrons. The van der Waals surface area contributed by atoms with Gasteiger partial charge in [0.15, 0.2) is 5.60 Å². The lowest BCUT2D eigenvalue weighted by atomic mass is 9.89. The van der Waals surface area contributed by atoms with Crippen LogP contribution in [-0.2, 0) is 4.74 Å². The first-order valence-corrected chi connectivity index (χ1v) is 6.28. The number of hydrogen-bond donors (Lipinski definition) is 0. The Morgan fingerprint density at radius 2 is 1.89 bits per heavy atom. The Morgan fingerprint density at radius 3 is 2.44 bits per heavy atom. The van der Waals surface area contributed by atoms with Crippen LogP contribution in [0.5, 0.6) is 0 Å². The summed E-state index contributed by atoms with van der Waals surface area (Å²) in [6.45, 7) is 2.63. The van der Waals surface area contributed by atoms with Crippen molar-refractivity contribution in [1.29, 1.82) is 5.26 Å². The topological polar surface area (TPSA) is 33.0 Å². The van der Waals surface area contributed by atoms with Crippen LogP contribution in [0.15, 0.2) is 54.6 Å². The highest BCUT2D eigenvalue weighted by Gasteiger charge is 2.27. The van der Waals surface area contributed by atoms with Crippen LogP contribution < -0.4 is 0 Å². The van der Waals surface area contributed by atoms with Crippen molar-refractivity contribution in [3.05, 3.63) is 60.2 Å². The van der Waals surface area contributed by atoms with Crippen LogP contribution in [0.4, 0.5) is 0 Å². The van der Waals surface area contributed by atoms with Crippen LogP contribution in [0.2, 0.25) is 0 Å². The summed E-state index contributed by atoms with van der Waals surface area (Å²) < 4.78 is 5.62. The molecule has 18 heavy (non-hydrogen) atoms. The van der Waals surface area contributed by atoms with Gasteiger partial charge in [-0.15, -0.1) is 0 Å². The second-order valence-corrected chi connectivity index (χ2v) is 4.41. The first kappa shape index (κ1) is 12.6. The molecular formula is C16H17NO. The molecule has 0 bridgehead atoms. The van der Waals surface area contributed by atoms with Gasteiger partial charge in [0, 0.05) is 12.5 Å². The predicted octanol–water partition coefficient (Wildman–Crippen LogP) is 3.59. The molecule has 0 unspecified atom stereocenters. The average Bonchev–Trinajstić information content (AvgIpc) is 2.47. The molecule has 2 nitrogen and oxygen atoms in total. The van der Waals surface area contributed by atoms with E-state index in [1.165, 1.54) is 5.56 Å². The van der Waals surface area contributed by atoms with Gasteiger partial charge >= 0.3 is 0 Å². The molecule has 0 saturated heterocycles. The van der Waals surface area contributed by atoms with Gasteiger partial charge in [-0.25, -0.2) is 0 Å². The Balaban J connectivity index is 2.13. The molecule has 1 aliphatic carbocycles. The molecule has 0 aromatic heterocycles. The van der Waals surface area contributed by atoms with Crippen molar-refractivity contribution in [2.45, 2.75) is 24.9 Å². The lowest BCUT2D eigenvalue weighted by Crippen LogP contribution is -2.28. The van der Waals surface area contributed by atoms with Crippen molar-refractivity contribution in [2.24, 2.45) is 0 Å². The van der Waals surface area contributed by atoms with Crippen LogP contribution in [-0.4, -0.2) is 12.2 Å². The van der Waals surface area contributed by atoms with Gasteiger partial charge < -0.3 is 4.74 Å². The minimum Gasteiger partial charge on any atom is -0.353 e. The molecule has 2 rings (SSSR count). The molecular weight excluding hydrogens is 222 g/mol. The highest BCUT2D eigenvalue weighted by molar-refractivity contribution is 5.39. The maximum Gasteiger partial charge on any atom is 0.191 e. The number of ether oxygens (including phenoxy) is 1. The number of rotatable bonds is 4. The fraction of sp³-hybridized carbons (Fsp3) is 0.312. The summed E-state index contributed by atoms with van der Waals surface area (Å²) in [6.07, 6.45) is 8.70. The van der Waals surface area contributed by atoms with Crippen LogP contribution in [0.1, 0.15) is 24.8 Å². The minimum absolute atomic E-state index is 0.234. The van der Waals surface area contributed by atoms with Gasteiger partial charge in [0.1, 0.15) is 6.07 Å². The van der Waals surface area contributed by atoms with E-state index in [4.69, 9.17) is 4.74 Å². The predicted molar refractivity (Wildman–Crippen MR) is 72.1 cm³/mol. The van der Waals surface area contributed by atoms with Crippen molar-refractivity contribution < 1.29 is 4.74 Å². The van der Waals surface area contributed by atoms with E-state index in [0.29, 0.717) is 6.61 Å². The second kappa shape index (κ2) is 5.66. The maximum absolute atomic E-state index is 9.25. The van der Waals surface area contributed by atoms with Gasteiger partial charge in [0.05, 0.1) is 0 Å². The molecule has 1 aliphatic rings. The lowest BCUT2D eigenvalue weighted by Gasteiger charge is -2.24. The van der Waals surface area contributed by atoms with E-state index in [2.05, 4.69) is 18.2 Å². The third-order valence-corrected chi connectivity index (χ3v) is 3.01. The van der Waals surface area contributed by atoms with E-state index in [1.54, 1.807) is 0 Å². The number of nitrogens with zero attached hydrogens (tertiary/aromatic N) is 1. The minimum atomic E-state index is -0.874. The zero-order valence-electron chi connectivity index (χ0n) is 10.5. The molecule has 0 aliphatic heterocycles. The molecule has 0 amide bonds. The Labute approximate surface area is 108 Å². The third-order valence-electron chi connectivity index (χ3n) is 3.01. The Morgan fingerprint density at radius 1 is 1.22 bits per heavy atom. The first-order valence-electron chi connectivity index (χ1n) is 6.28. The van der Waals surface area contributed by atoms with E-state index < -0.39 is 5.60 Å². The Kier molecular flexibility index (Phi) is 3.96. The summed E-state index contributed by atoms with van der Waals surface area (Å²) in [7, 11) is 0.